The lowest BCUT2D eigenvalue weighted by Crippen LogP contribution is -2.29. The van der Waals surface area contributed by atoms with Crippen LogP contribution in [0, 0.1) is 23.7 Å². The van der Waals surface area contributed by atoms with Gasteiger partial charge in [-0.3, -0.25) is 4.79 Å². The molecule has 2 aliphatic rings. The minimum Gasteiger partial charge on any atom is -0.459 e. The van der Waals surface area contributed by atoms with Gasteiger partial charge in [-0.05, 0) is 56.3 Å². The number of ether oxygens (including phenoxy) is 1. The molecule has 134 valence electrons. The first-order chi connectivity index (χ1) is 11.1. The number of hydrogen-bond donors (Lipinski definition) is 0. The predicted octanol–water partition coefficient (Wildman–Crippen LogP) is 5.60. The number of unbranched alkanes of at least 4 members (excludes halogenated alkanes) is 1. The molecule has 0 spiro atoms. The quantitative estimate of drug-likeness (QED) is 0.568. The maximum atomic E-state index is 12.1. The summed E-state index contributed by atoms with van der Waals surface area (Å²) in [5.74, 6) is 1.94. The molecule has 0 saturated heterocycles. The molecule has 2 aliphatic carbocycles. The van der Waals surface area contributed by atoms with Gasteiger partial charge in [0.05, 0.1) is 5.92 Å². The minimum atomic E-state index is -2.56. The van der Waals surface area contributed by atoms with Gasteiger partial charge in [-0.1, -0.05) is 39.0 Å². The van der Waals surface area contributed by atoms with Gasteiger partial charge in [0.1, 0.15) is 0 Å². The van der Waals surface area contributed by atoms with E-state index < -0.39 is 19.0 Å². The molecule has 0 aromatic rings. The van der Waals surface area contributed by atoms with Crippen molar-refractivity contribution in [2.75, 3.05) is 6.61 Å². The molecular weight excluding hydrogens is 298 g/mol. The van der Waals surface area contributed by atoms with Crippen LogP contribution in [0.25, 0.3) is 0 Å². The number of halogens is 2. The van der Waals surface area contributed by atoms with Crippen LogP contribution in [0.4, 0.5) is 8.78 Å². The number of esters is 1. The zero-order valence-corrected chi connectivity index (χ0v) is 14.4. The van der Waals surface area contributed by atoms with Crippen LogP contribution < -0.4 is 0 Å². The van der Waals surface area contributed by atoms with Crippen LogP contribution in [0.3, 0.4) is 0 Å². The second-order valence-corrected chi connectivity index (χ2v) is 7.56. The normalized spacial score (nSPS) is 32.0. The van der Waals surface area contributed by atoms with Crippen LogP contribution in [-0.4, -0.2) is 19.0 Å². The molecule has 2 rings (SSSR count). The van der Waals surface area contributed by atoms with Crippen LogP contribution in [0.15, 0.2) is 0 Å². The van der Waals surface area contributed by atoms with Crippen LogP contribution in [0.1, 0.15) is 77.6 Å². The lowest BCUT2D eigenvalue weighted by atomic mass is 9.68. The highest BCUT2D eigenvalue weighted by atomic mass is 19.3. The van der Waals surface area contributed by atoms with E-state index in [0.29, 0.717) is 0 Å². The van der Waals surface area contributed by atoms with Gasteiger partial charge in [0.15, 0.2) is 6.61 Å². The summed E-state index contributed by atoms with van der Waals surface area (Å²) in [5.41, 5.74) is 0. The van der Waals surface area contributed by atoms with E-state index in [1.54, 1.807) is 0 Å². The van der Waals surface area contributed by atoms with E-state index in [9.17, 15) is 13.6 Å². The van der Waals surface area contributed by atoms with Crippen molar-refractivity contribution in [1.82, 2.24) is 0 Å². The van der Waals surface area contributed by atoms with Crippen molar-refractivity contribution in [2.45, 2.75) is 84.0 Å². The van der Waals surface area contributed by atoms with Crippen LogP contribution in [0.2, 0.25) is 0 Å². The van der Waals surface area contributed by atoms with Crippen molar-refractivity contribution in [3.63, 3.8) is 0 Å². The van der Waals surface area contributed by atoms with E-state index in [4.69, 9.17) is 0 Å². The number of rotatable bonds is 7. The van der Waals surface area contributed by atoms with Crippen molar-refractivity contribution in [3.8, 4) is 0 Å². The van der Waals surface area contributed by atoms with Gasteiger partial charge in [0.25, 0.3) is 6.43 Å². The van der Waals surface area contributed by atoms with Crippen LogP contribution >= 0.6 is 0 Å². The topological polar surface area (TPSA) is 26.3 Å². The Bertz CT molecular complexity index is 343. The van der Waals surface area contributed by atoms with Crippen molar-refractivity contribution >= 4 is 5.97 Å². The molecule has 2 nitrogen and oxygen atoms in total. The molecule has 0 unspecified atom stereocenters. The second-order valence-electron chi connectivity index (χ2n) is 7.56. The SMILES string of the molecule is CCCC[C@H]1CC[C@H]([C@H]2CC[C@H](C(=O)OCC(F)F)CC2)CC1. The zero-order chi connectivity index (χ0) is 16.7. The Morgan fingerprint density at radius 3 is 2.09 bits per heavy atom. The van der Waals surface area contributed by atoms with E-state index in [1.807, 2.05) is 0 Å². The van der Waals surface area contributed by atoms with E-state index in [1.165, 1.54) is 44.9 Å². The van der Waals surface area contributed by atoms with E-state index in [2.05, 4.69) is 11.7 Å². The third kappa shape index (κ3) is 6.04. The Kier molecular flexibility index (Phi) is 7.78. The fourth-order valence-electron chi connectivity index (χ4n) is 4.53. The highest BCUT2D eigenvalue weighted by Gasteiger charge is 2.33. The summed E-state index contributed by atoms with van der Waals surface area (Å²) in [5, 5.41) is 0. The molecule has 2 saturated carbocycles. The van der Waals surface area contributed by atoms with E-state index >= 15 is 0 Å². The minimum absolute atomic E-state index is 0.147. The summed E-state index contributed by atoms with van der Waals surface area (Å²) in [6, 6.07) is 0. The maximum absolute atomic E-state index is 12.1. The molecule has 4 heteroatoms. The Labute approximate surface area is 139 Å². The number of alkyl halides is 2. The summed E-state index contributed by atoms with van der Waals surface area (Å²) in [6.07, 6.45) is 10.7. The van der Waals surface area contributed by atoms with Gasteiger partial charge in [0, 0.05) is 0 Å². The Balaban J connectivity index is 1.66. The molecular formula is C19H32F2O2. The Hall–Kier alpha value is -0.670. The van der Waals surface area contributed by atoms with Gasteiger partial charge in [-0.15, -0.1) is 0 Å². The van der Waals surface area contributed by atoms with Gasteiger partial charge in [0.2, 0.25) is 0 Å². The van der Waals surface area contributed by atoms with Gasteiger partial charge in [-0.2, -0.15) is 0 Å². The van der Waals surface area contributed by atoms with Crippen LogP contribution in [-0.2, 0) is 9.53 Å². The lowest BCUT2D eigenvalue weighted by molar-refractivity contribution is -0.154. The molecule has 0 radical (unpaired) electrons. The first-order valence-corrected chi connectivity index (χ1v) is 9.54. The molecule has 0 atom stereocenters. The fraction of sp³-hybridized carbons (Fsp3) is 0.947. The second kappa shape index (κ2) is 9.58. The van der Waals surface area contributed by atoms with E-state index in [-0.39, 0.29) is 5.92 Å². The van der Waals surface area contributed by atoms with E-state index in [0.717, 1.165) is 43.4 Å². The van der Waals surface area contributed by atoms with Crippen molar-refractivity contribution in [1.29, 1.82) is 0 Å². The summed E-state index contributed by atoms with van der Waals surface area (Å²) in [7, 11) is 0. The van der Waals surface area contributed by atoms with Crippen molar-refractivity contribution < 1.29 is 18.3 Å². The zero-order valence-electron chi connectivity index (χ0n) is 14.4. The first kappa shape index (κ1) is 18.7. The maximum Gasteiger partial charge on any atom is 0.309 e. The number of carbonyl (C=O) groups is 1. The largest absolute Gasteiger partial charge is 0.459 e. The summed E-state index contributed by atoms with van der Waals surface area (Å²) >= 11 is 0. The van der Waals surface area contributed by atoms with Crippen molar-refractivity contribution in [3.05, 3.63) is 0 Å². The van der Waals surface area contributed by atoms with Gasteiger partial charge < -0.3 is 4.74 Å². The predicted molar refractivity (Wildman–Crippen MR) is 87.4 cm³/mol. The van der Waals surface area contributed by atoms with Gasteiger partial charge in [-0.25, -0.2) is 8.78 Å². The average Bonchev–Trinajstić information content (AvgIpc) is 2.58. The molecule has 23 heavy (non-hydrogen) atoms. The number of carbonyl (C=O) groups excluding carboxylic acids is 1. The summed E-state index contributed by atoms with van der Waals surface area (Å²) in [6.45, 7) is 1.51. The standard InChI is InChI=1S/C19H32F2O2/c1-2-3-4-14-5-7-15(8-6-14)16-9-11-17(12-10-16)19(22)23-13-18(20)21/h14-18H,2-13H2,1H3/t14-,15-,16-,17-. The molecule has 0 aromatic heterocycles. The summed E-state index contributed by atoms with van der Waals surface area (Å²) in [4.78, 5) is 11.8. The molecule has 0 N–H and O–H groups in total. The Morgan fingerprint density at radius 1 is 1.00 bits per heavy atom. The highest BCUT2D eigenvalue weighted by Crippen LogP contribution is 2.42. The monoisotopic (exact) mass is 330 g/mol. The Morgan fingerprint density at radius 2 is 1.57 bits per heavy atom. The first-order valence-electron chi connectivity index (χ1n) is 9.54. The molecule has 0 bridgehead atoms. The fourth-order valence-corrected chi connectivity index (χ4v) is 4.53. The lowest BCUT2D eigenvalue weighted by Gasteiger charge is -2.37. The molecule has 0 amide bonds. The third-order valence-electron chi connectivity index (χ3n) is 5.98. The molecule has 0 heterocycles. The van der Waals surface area contributed by atoms with Crippen molar-refractivity contribution in [2.24, 2.45) is 23.7 Å². The molecule has 0 aliphatic heterocycles. The van der Waals surface area contributed by atoms with Gasteiger partial charge >= 0.3 is 5.97 Å². The highest BCUT2D eigenvalue weighted by molar-refractivity contribution is 5.72. The number of hydrogen-bond acceptors (Lipinski definition) is 2. The smallest absolute Gasteiger partial charge is 0.309 e. The summed E-state index contributed by atoms with van der Waals surface area (Å²) < 4.78 is 28.9. The van der Waals surface area contributed by atoms with Crippen LogP contribution in [0.5, 0.6) is 0 Å². The average molecular weight is 330 g/mol. The molecule has 2 fully saturated rings. The molecule has 0 aromatic carbocycles. The third-order valence-corrected chi connectivity index (χ3v) is 5.98.